The first-order valence-electron chi connectivity index (χ1n) is 24.9. The van der Waals surface area contributed by atoms with E-state index in [-0.39, 0.29) is 12.5 Å². The van der Waals surface area contributed by atoms with Gasteiger partial charge in [-0.2, -0.15) is 0 Å². The number of aliphatic hydroxyl groups is 2. The van der Waals surface area contributed by atoms with Crippen molar-refractivity contribution in [1.29, 1.82) is 0 Å². The third kappa shape index (κ3) is 42.3. The van der Waals surface area contributed by atoms with Crippen molar-refractivity contribution in [2.45, 2.75) is 296 Å². The second-order valence-electron chi connectivity index (χ2n) is 17.2. The molecule has 4 heteroatoms. The minimum Gasteiger partial charge on any atom is -0.394 e. The molecule has 1 amide bonds. The third-order valence-corrected chi connectivity index (χ3v) is 11.8. The minimum atomic E-state index is -0.834. The molecule has 0 aromatic rings. The molecule has 0 bridgehead atoms. The molecule has 0 unspecified atom stereocenters. The number of aliphatic hydroxyl groups excluding tert-OH is 2. The molecule has 0 aliphatic heterocycles. The summed E-state index contributed by atoms with van der Waals surface area (Å²) >= 11 is 0. The molecule has 0 aliphatic rings. The average Bonchev–Trinajstić information content (AvgIpc) is 3.18. The van der Waals surface area contributed by atoms with Gasteiger partial charge in [0, 0.05) is 6.42 Å². The van der Waals surface area contributed by atoms with E-state index < -0.39 is 12.1 Å². The molecule has 0 radical (unpaired) electrons. The van der Waals surface area contributed by atoms with E-state index in [0.717, 1.165) is 25.7 Å². The van der Waals surface area contributed by atoms with Crippen LogP contribution in [0.3, 0.4) is 0 Å². The fourth-order valence-corrected chi connectivity index (χ4v) is 7.95. The van der Waals surface area contributed by atoms with Crippen LogP contribution < -0.4 is 5.32 Å². The highest BCUT2D eigenvalue weighted by Gasteiger charge is 2.18. The van der Waals surface area contributed by atoms with Gasteiger partial charge in [-0.15, -0.1) is 0 Å². The molecule has 0 fully saturated rings. The summed E-state index contributed by atoms with van der Waals surface area (Å²) in [5.41, 5.74) is 0. The quantitative estimate of drug-likeness (QED) is 0.0427. The predicted molar refractivity (Wildman–Crippen MR) is 239 cm³/mol. The number of allylic oxidation sites excluding steroid dienone is 1. The van der Waals surface area contributed by atoms with Crippen molar-refractivity contribution in [3.05, 3.63) is 12.2 Å². The molecule has 2 atom stereocenters. The van der Waals surface area contributed by atoms with Crippen LogP contribution in [0.1, 0.15) is 284 Å². The maximum Gasteiger partial charge on any atom is 0.220 e. The summed E-state index contributed by atoms with van der Waals surface area (Å²) in [6, 6.07) is -0.617. The number of hydrogen-bond acceptors (Lipinski definition) is 3. The lowest BCUT2D eigenvalue weighted by Crippen LogP contribution is -2.45. The molecular weight excluding hydrogens is 663 g/mol. The van der Waals surface area contributed by atoms with E-state index in [0.29, 0.717) is 6.42 Å². The molecule has 0 aromatic carbocycles. The fraction of sp³-hybridized carbons (Fsp3) is 0.940. The lowest BCUT2D eigenvalue weighted by molar-refractivity contribution is -0.123. The van der Waals surface area contributed by atoms with Gasteiger partial charge in [-0.3, -0.25) is 4.79 Å². The molecule has 0 aliphatic carbocycles. The van der Waals surface area contributed by atoms with Crippen LogP contribution >= 0.6 is 0 Å². The van der Waals surface area contributed by atoms with Crippen LogP contribution in [-0.4, -0.2) is 34.9 Å². The van der Waals surface area contributed by atoms with Crippen molar-refractivity contribution in [1.82, 2.24) is 5.32 Å². The first kappa shape index (κ1) is 53.1. The van der Waals surface area contributed by atoms with Gasteiger partial charge in [0.1, 0.15) is 0 Å². The van der Waals surface area contributed by atoms with Crippen molar-refractivity contribution in [3.8, 4) is 0 Å². The SMILES string of the molecule is CCCCCCCCCCCCCCCCC/C=C/[C@@H](O)[C@H](CO)NC(=O)CCCCCCCCCCCCCCCCCCCCCCCCCCC. The van der Waals surface area contributed by atoms with Crippen LogP contribution in [-0.2, 0) is 4.79 Å². The lowest BCUT2D eigenvalue weighted by atomic mass is 10.0. The topological polar surface area (TPSA) is 69.6 Å². The average molecular weight is 762 g/mol. The molecule has 0 rings (SSSR count). The summed E-state index contributed by atoms with van der Waals surface area (Å²) in [6.07, 6.45) is 59.2. The first-order chi connectivity index (χ1) is 26.7. The van der Waals surface area contributed by atoms with Crippen LogP contribution in [0.5, 0.6) is 0 Å². The Balaban J connectivity index is 3.46. The number of carbonyl (C=O) groups excluding carboxylic acids is 1. The van der Waals surface area contributed by atoms with Gasteiger partial charge in [-0.1, -0.05) is 270 Å². The Hall–Kier alpha value is -0.870. The summed E-state index contributed by atoms with van der Waals surface area (Å²) < 4.78 is 0. The second kappa shape index (κ2) is 46.5. The molecule has 3 N–H and O–H groups in total. The third-order valence-electron chi connectivity index (χ3n) is 11.8. The zero-order chi connectivity index (χ0) is 39.3. The number of amides is 1. The van der Waals surface area contributed by atoms with Crippen molar-refractivity contribution in [2.24, 2.45) is 0 Å². The lowest BCUT2D eigenvalue weighted by Gasteiger charge is -2.20. The summed E-state index contributed by atoms with van der Waals surface area (Å²) in [4.78, 5) is 12.4. The van der Waals surface area contributed by atoms with Crippen molar-refractivity contribution in [2.75, 3.05) is 6.61 Å². The van der Waals surface area contributed by atoms with Crippen LogP contribution in [0.15, 0.2) is 12.2 Å². The van der Waals surface area contributed by atoms with Gasteiger partial charge in [-0.05, 0) is 19.3 Å². The molecule has 0 spiro atoms. The molecule has 0 saturated carbocycles. The number of hydrogen-bond donors (Lipinski definition) is 3. The number of nitrogens with one attached hydrogen (secondary N) is 1. The van der Waals surface area contributed by atoms with Gasteiger partial charge in [0.2, 0.25) is 5.91 Å². The Morgan fingerprint density at radius 2 is 0.685 bits per heavy atom. The molecule has 0 saturated heterocycles. The summed E-state index contributed by atoms with van der Waals surface area (Å²) in [6.45, 7) is 4.34. The van der Waals surface area contributed by atoms with E-state index in [4.69, 9.17) is 0 Å². The monoisotopic (exact) mass is 762 g/mol. The summed E-state index contributed by atoms with van der Waals surface area (Å²) in [5, 5.41) is 23.1. The highest BCUT2D eigenvalue weighted by molar-refractivity contribution is 5.76. The molecule has 322 valence electrons. The van der Waals surface area contributed by atoms with E-state index in [1.807, 2.05) is 6.08 Å². The van der Waals surface area contributed by atoms with Crippen LogP contribution in [0.4, 0.5) is 0 Å². The van der Waals surface area contributed by atoms with Gasteiger partial charge >= 0.3 is 0 Å². The fourth-order valence-electron chi connectivity index (χ4n) is 7.95. The zero-order valence-corrected chi connectivity index (χ0v) is 37.0. The predicted octanol–water partition coefficient (Wildman–Crippen LogP) is 15.8. The van der Waals surface area contributed by atoms with Crippen molar-refractivity contribution < 1.29 is 15.0 Å². The Bertz CT molecular complexity index is 739. The van der Waals surface area contributed by atoms with E-state index in [9.17, 15) is 15.0 Å². The summed E-state index contributed by atoms with van der Waals surface area (Å²) in [5.74, 6) is -0.0574. The molecule has 0 aromatic heterocycles. The molecular formula is C50H99NO3. The van der Waals surface area contributed by atoms with Gasteiger partial charge in [0.15, 0.2) is 0 Å². The largest absolute Gasteiger partial charge is 0.394 e. The van der Waals surface area contributed by atoms with Crippen LogP contribution in [0, 0.1) is 0 Å². The van der Waals surface area contributed by atoms with E-state index in [2.05, 4.69) is 19.2 Å². The minimum absolute atomic E-state index is 0.0574. The smallest absolute Gasteiger partial charge is 0.220 e. The number of carbonyl (C=O) groups is 1. The van der Waals surface area contributed by atoms with E-state index in [1.54, 1.807) is 6.08 Å². The Morgan fingerprint density at radius 1 is 0.426 bits per heavy atom. The van der Waals surface area contributed by atoms with Crippen molar-refractivity contribution >= 4 is 5.91 Å². The van der Waals surface area contributed by atoms with Crippen LogP contribution in [0.25, 0.3) is 0 Å². The Kier molecular flexibility index (Phi) is 45.8. The van der Waals surface area contributed by atoms with Gasteiger partial charge in [0.25, 0.3) is 0 Å². The standard InChI is InChI=1S/C50H99NO3/c1-3-5-7-9-11-13-15-17-19-21-22-23-24-25-26-27-28-30-32-34-36-38-40-42-44-46-50(54)51-48(47-52)49(53)45-43-41-39-37-35-33-31-29-20-18-16-14-12-10-8-6-4-2/h43,45,48-49,52-53H,3-42,44,46-47H2,1-2H3,(H,51,54)/b45-43+/t48-,49+/m0/s1. The highest BCUT2D eigenvalue weighted by Crippen LogP contribution is 2.17. The van der Waals surface area contributed by atoms with Gasteiger partial charge < -0.3 is 15.5 Å². The van der Waals surface area contributed by atoms with Crippen molar-refractivity contribution in [3.63, 3.8) is 0 Å². The van der Waals surface area contributed by atoms with E-state index in [1.165, 1.54) is 238 Å². The zero-order valence-electron chi connectivity index (χ0n) is 37.0. The van der Waals surface area contributed by atoms with E-state index >= 15 is 0 Å². The Morgan fingerprint density at radius 3 is 0.963 bits per heavy atom. The maximum atomic E-state index is 12.4. The van der Waals surface area contributed by atoms with Gasteiger partial charge in [0.05, 0.1) is 18.8 Å². The normalized spacial score (nSPS) is 12.9. The first-order valence-corrected chi connectivity index (χ1v) is 24.9. The maximum absolute atomic E-state index is 12.4. The molecule has 4 nitrogen and oxygen atoms in total. The summed E-state index contributed by atoms with van der Waals surface area (Å²) in [7, 11) is 0. The van der Waals surface area contributed by atoms with Crippen LogP contribution in [0.2, 0.25) is 0 Å². The second-order valence-corrected chi connectivity index (χ2v) is 17.2. The highest BCUT2D eigenvalue weighted by atomic mass is 16.3. The number of rotatable bonds is 46. The molecule has 0 heterocycles. The number of unbranched alkanes of at least 4 members (excludes halogenated alkanes) is 39. The van der Waals surface area contributed by atoms with Gasteiger partial charge in [-0.25, -0.2) is 0 Å². The Labute approximate surface area is 339 Å². The molecule has 54 heavy (non-hydrogen) atoms.